The van der Waals surface area contributed by atoms with E-state index in [2.05, 4.69) is 54.3 Å². The lowest BCUT2D eigenvalue weighted by molar-refractivity contribution is 0.0392. The van der Waals surface area contributed by atoms with Crippen LogP contribution in [-0.4, -0.2) is 50.3 Å². The SMILES string of the molecule is Cc1cc(C)cc(NC(N)=NCc2cccc(OCCN(C)C3CCOCC3)c2)c1.I. The van der Waals surface area contributed by atoms with Crippen LogP contribution in [0.1, 0.15) is 29.5 Å². The zero-order valence-corrected chi connectivity index (χ0v) is 21.1. The smallest absolute Gasteiger partial charge is 0.193 e. The van der Waals surface area contributed by atoms with Crippen molar-refractivity contribution in [1.82, 2.24) is 4.90 Å². The van der Waals surface area contributed by atoms with E-state index >= 15 is 0 Å². The number of aliphatic imine (C=N–C) groups is 1. The van der Waals surface area contributed by atoms with Crippen molar-refractivity contribution < 1.29 is 9.47 Å². The van der Waals surface area contributed by atoms with E-state index in [1.807, 2.05) is 24.3 Å². The second kappa shape index (κ2) is 12.9. The lowest BCUT2D eigenvalue weighted by atomic mass is 10.1. The quantitative estimate of drug-likeness (QED) is 0.297. The second-order valence-corrected chi connectivity index (χ2v) is 8.02. The van der Waals surface area contributed by atoms with Gasteiger partial charge < -0.3 is 20.5 Å². The number of ether oxygens (including phenoxy) is 2. The minimum absolute atomic E-state index is 0. The van der Waals surface area contributed by atoms with Crippen LogP contribution in [-0.2, 0) is 11.3 Å². The van der Waals surface area contributed by atoms with Crippen LogP contribution in [0.5, 0.6) is 5.75 Å². The summed E-state index contributed by atoms with van der Waals surface area (Å²) in [5, 5.41) is 3.17. The number of aryl methyl sites for hydroxylation is 2. The molecule has 1 aliphatic heterocycles. The largest absolute Gasteiger partial charge is 0.492 e. The lowest BCUT2D eigenvalue weighted by Gasteiger charge is -2.31. The first kappa shape index (κ1) is 25.4. The Morgan fingerprint density at radius 1 is 1.16 bits per heavy atom. The Kier molecular flexibility index (Phi) is 10.6. The van der Waals surface area contributed by atoms with Crippen LogP contribution in [0, 0.1) is 13.8 Å². The van der Waals surface area contributed by atoms with Gasteiger partial charge in [0, 0.05) is 31.5 Å². The van der Waals surface area contributed by atoms with E-state index in [0.29, 0.717) is 25.2 Å². The monoisotopic (exact) mass is 538 g/mol. The average molecular weight is 538 g/mol. The summed E-state index contributed by atoms with van der Waals surface area (Å²) >= 11 is 0. The maximum Gasteiger partial charge on any atom is 0.193 e. The number of nitrogens with zero attached hydrogens (tertiary/aromatic N) is 2. The van der Waals surface area contributed by atoms with Gasteiger partial charge in [-0.25, -0.2) is 4.99 Å². The molecule has 0 radical (unpaired) electrons. The van der Waals surface area contributed by atoms with Crippen molar-refractivity contribution in [3.63, 3.8) is 0 Å². The van der Waals surface area contributed by atoms with Gasteiger partial charge >= 0.3 is 0 Å². The Labute approximate surface area is 203 Å². The molecule has 7 heteroatoms. The number of rotatable bonds is 8. The van der Waals surface area contributed by atoms with Gasteiger partial charge in [0.2, 0.25) is 0 Å². The third-order valence-electron chi connectivity index (χ3n) is 5.35. The van der Waals surface area contributed by atoms with Crippen LogP contribution in [0.15, 0.2) is 47.5 Å². The van der Waals surface area contributed by atoms with Gasteiger partial charge in [0.1, 0.15) is 12.4 Å². The topological polar surface area (TPSA) is 72.1 Å². The van der Waals surface area contributed by atoms with E-state index in [1.165, 1.54) is 11.1 Å². The van der Waals surface area contributed by atoms with Crippen molar-refractivity contribution in [1.29, 1.82) is 0 Å². The number of nitrogens with two attached hydrogens (primary N) is 1. The summed E-state index contributed by atoms with van der Waals surface area (Å²) in [5.41, 5.74) is 10.5. The maximum atomic E-state index is 6.07. The minimum Gasteiger partial charge on any atom is -0.492 e. The van der Waals surface area contributed by atoms with Crippen LogP contribution < -0.4 is 15.8 Å². The number of hydrogen-bond acceptors (Lipinski definition) is 4. The fourth-order valence-corrected chi connectivity index (χ4v) is 3.76. The van der Waals surface area contributed by atoms with Gasteiger partial charge in [0.15, 0.2) is 5.96 Å². The van der Waals surface area contributed by atoms with Gasteiger partial charge in [-0.3, -0.25) is 4.90 Å². The highest BCUT2D eigenvalue weighted by molar-refractivity contribution is 14.0. The highest BCUT2D eigenvalue weighted by Gasteiger charge is 2.17. The van der Waals surface area contributed by atoms with Crippen LogP contribution in [0.25, 0.3) is 0 Å². The summed E-state index contributed by atoms with van der Waals surface area (Å²) in [6, 6.07) is 14.9. The van der Waals surface area contributed by atoms with Gasteiger partial charge in [-0.1, -0.05) is 18.2 Å². The van der Waals surface area contributed by atoms with E-state index in [4.69, 9.17) is 15.2 Å². The molecule has 1 heterocycles. The summed E-state index contributed by atoms with van der Waals surface area (Å²) < 4.78 is 11.4. The zero-order chi connectivity index (χ0) is 21.3. The number of halogens is 1. The van der Waals surface area contributed by atoms with E-state index in [9.17, 15) is 0 Å². The fraction of sp³-hybridized carbons (Fsp3) is 0.458. The highest BCUT2D eigenvalue weighted by Crippen LogP contribution is 2.16. The molecule has 1 saturated heterocycles. The van der Waals surface area contributed by atoms with Gasteiger partial charge in [-0.05, 0) is 74.7 Å². The molecule has 31 heavy (non-hydrogen) atoms. The summed E-state index contributed by atoms with van der Waals surface area (Å²) in [7, 11) is 2.16. The number of nitrogens with one attached hydrogen (secondary N) is 1. The third kappa shape index (κ3) is 8.66. The zero-order valence-electron chi connectivity index (χ0n) is 18.8. The van der Waals surface area contributed by atoms with Gasteiger partial charge in [-0.15, -0.1) is 24.0 Å². The molecule has 3 N–H and O–H groups in total. The normalized spacial score (nSPS) is 14.9. The number of hydrogen-bond donors (Lipinski definition) is 2. The van der Waals surface area contributed by atoms with Crippen molar-refractivity contribution in [2.75, 3.05) is 38.7 Å². The molecule has 170 valence electrons. The second-order valence-electron chi connectivity index (χ2n) is 8.02. The Morgan fingerprint density at radius 2 is 1.87 bits per heavy atom. The van der Waals surface area contributed by atoms with Crippen molar-refractivity contribution in [2.24, 2.45) is 10.7 Å². The molecular formula is C24H35IN4O2. The van der Waals surface area contributed by atoms with Crippen LogP contribution in [0.2, 0.25) is 0 Å². The van der Waals surface area contributed by atoms with Crippen LogP contribution in [0.3, 0.4) is 0 Å². The summed E-state index contributed by atoms with van der Waals surface area (Å²) in [6.07, 6.45) is 2.20. The molecule has 2 aromatic carbocycles. The van der Waals surface area contributed by atoms with Gasteiger partial charge in [0.05, 0.1) is 6.54 Å². The number of anilines is 1. The van der Waals surface area contributed by atoms with E-state index < -0.39 is 0 Å². The van der Waals surface area contributed by atoms with Crippen molar-refractivity contribution in [2.45, 2.75) is 39.3 Å². The van der Waals surface area contributed by atoms with Crippen molar-refractivity contribution in [3.8, 4) is 5.75 Å². The van der Waals surface area contributed by atoms with Gasteiger partial charge in [0.25, 0.3) is 0 Å². The first-order valence-corrected chi connectivity index (χ1v) is 10.6. The van der Waals surface area contributed by atoms with Crippen molar-refractivity contribution >= 4 is 35.6 Å². The fourth-order valence-electron chi connectivity index (χ4n) is 3.76. The molecule has 0 aliphatic carbocycles. The molecule has 3 rings (SSSR count). The summed E-state index contributed by atoms with van der Waals surface area (Å²) in [5.74, 6) is 1.27. The van der Waals surface area contributed by atoms with Gasteiger partial charge in [-0.2, -0.15) is 0 Å². The molecule has 1 fully saturated rings. The standard InChI is InChI=1S/C24H34N4O2.HI/c1-18-13-19(2)15-21(14-18)27-24(25)26-17-20-5-4-6-23(16-20)30-12-9-28(3)22-7-10-29-11-8-22;/h4-6,13-16,22H,7-12,17H2,1-3H3,(H3,25,26,27);1H. The maximum absolute atomic E-state index is 6.07. The number of likely N-dealkylation sites (N-methyl/N-ethyl adjacent to an activating group) is 1. The lowest BCUT2D eigenvalue weighted by Crippen LogP contribution is -2.38. The molecule has 6 nitrogen and oxygen atoms in total. The Bertz CT molecular complexity index is 833. The third-order valence-corrected chi connectivity index (χ3v) is 5.35. The molecule has 0 amide bonds. The van der Waals surface area contributed by atoms with Crippen LogP contribution >= 0.6 is 24.0 Å². The molecule has 0 bridgehead atoms. The molecule has 0 saturated carbocycles. The van der Waals surface area contributed by atoms with Crippen LogP contribution in [0.4, 0.5) is 5.69 Å². The molecule has 0 unspecified atom stereocenters. The molecule has 2 aromatic rings. The summed E-state index contributed by atoms with van der Waals surface area (Å²) in [6.45, 7) is 7.93. The highest BCUT2D eigenvalue weighted by atomic mass is 127. The average Bonchev–Trinajstić information content (AvgIpc) is 2.72. The minimum atomic E-state index is 0. The first-order chi connectivity index (χ1) is 14.5. The molecule has 0 aromatic heterocycles. The number of guanidine groups is 1. The Balaban J connectivity index is 0.00000341. The van der Waals surface area contributed by atoms with E-state index in [-0.39, 0.29) is 24.0 Å². The first-order valence-electron chi connectivity index (χ1n) is 10.6. The predicted molar refractivity (Wildman–Crippen MR) is 139 cm³/mol. The van der Waals surface area contributed by atoms with E-state index in [1.54, 1.807) is 0 Å². The number of benzene rings is 2. The molecule has 1 aliphatic rings. The molecule has 0 spiro atoms. The van der Waals surface area contributed by atoms with Crippen molar-refractivity contribution in [3.05, 3.63) is 59.2 Å². The Hall–Kier alpha value is -1.84. The Morgan fingerprint density at radius 3 is 2.58 bits per heavy atom. The van der Waals surface area contributed by atoms with E-state index in [0.717, 1.165) is 49.6 Å². The summed E-state index contributed by atoms with van der Waals surface area (Å²) in [4.78, 5) is 6.84. The predicted octanol–water partition coefficient (Wildman–Crippen LogP) is 4.34. The molecular weight excluding hydrogens is 503 g/mol. The molecule has 0 atom stereocenters.